The number of nitrogens with zero attached hydrogens (tertiary/aromatic N) is 2. The summed E-state index contributed by atoms with van der Waals surface area (Å²) < 4.78 is 24.2. The molecule has 12 heteroatoms. The summed E-state index contributed by atoms with van der Waals surface area (Å²) in [6.45, 7) is 3.95. The van der Waals surface area contributed by atoms with E-state index in [-0.39, 0.29) is 28.0 Å². The molecule has 2 aromatic rings. The fourth-order valence-electron chi connectivity index (χ4n) is 2.47. The van der Waals surface area contributed by atoms with Crippen molar-refractivity contribution in [2.45, 2.75) is 50.5 Å². The first-order valence-electron chi connectivity index (χ1n) is 8.55. The summed E-state index contributed by atoms with van der Waals surface area (Å²) in [5.41, 5.74) is -0.567. The molecular weight excluding hydrogens is 466 g/mol. The Bertz CT molecular complexity index is 969. The molecule has 0 saturated carbocycles. The Morgan fingerprint density at radius 1 is 1.24 bits per heavy atom. The highest BCUT2D eigenvalue weighted by Gasteiger charge is 2.24. The van der Waals surface area contributed by atoms with Crippen LogP contribution in [0.25, 0.3) is 0 Å². The van der Waals surface area contributed by atoms with Crippen LogP contribution in [0.4, 0.5) is 17.5 Å². The molecule has 1 aromatic carbocycles. The average Bonchev–Trinajstić information content (AvgIpc) is 2.61. The van der Waals surface area contributed by atoms with Crippen molar-refractivity contribution in [2.75, 3.05) is 10.6 Å². The van der Waals surface area contributed by atoms with Crippen LogP contribution in [0.5, 0.6) is 0 Å². The van der Waals surface area contributed by atoms with Gasteiger partial charge in [-0.15, -0.1) is 0 Å². The number of benzene rings is 1. The van der Waals surface area contributed by atoms with Crippen molar-refractivity contribution in [1.29, 1.82) is 0 Å². The second-order valence-electron chi connectivity index (χ2n) is 7.02. The number of aliphatic hydroxyl groups excluding tert-OH is 2. The van der Waals surface area contributed by atoms with Gasteiger partial charge in [0.15, 0.2) is 0 Å². The van der Waals surface area contributed by atoms with Gasteiger partial charge in [0.1, 0.15) is 5.82 Å². The summed E-state index contributed by atoms with van der Waals surface area (Å²) in [5.74, 6) is 0.609. The molecule has 0 fully saturated rings. The first kappa shape index (κ1) is 23.4. The van der Waals surface area contributed by atoms with Crippen LogP contribution in [0, 0.1) is 0 Å². The van der Waals surface area contributed by atoms with Crippen LogP contribution in [0.1, 0.15) is 31.9 Å². The Kier molecular flexibility index (Phi) is 7.19. The molecule has 1 atom stereocenters. The van der Waals surface area contributed by atoms with Gasteiger partial charge in [-0.1, -0.05) is 0 Å². The Balaban J connectivity index is 2.41. The molecule has 0 aliphatic heterocycles. The summed E-state index contributed by atoms with van der Waals surface area (Å²) in [4.78, 5) is 8.18. The maximum absolute atomic E-state index is 11.8. The third-order valence-electron chi connectivity index (χ3n) is 4.28. The minimum Gasteiger partial charge on any atom is -0.392 e. The van der Waals surface area contributed by atoms with Gasteiger partial charge in [-0.25, -0.2) is 18.5 Å². The first-order chi connectivity index (χ1) is 13.4. The van der Waals surface area contributed by atoms with E-state index in [0.29, 0.717) is 16.0 Å². The predicted molar refractivity (Wildman–Crippen MR) is 112 cm³/mol. The van der Waals surface area contributed by atoms with E-state index in [9.17, 15) is 23.7 Å². The molecule has 0 amide bonds. The van der Waals surface area contributed by atoms with Crippen LogP contribution in [0.15, 0.2) is 27.7 Å². The number of aromatic nitrogens is 2. The number of nitrogens with one attached hydrogen (secondary N) is 2. The van der Waals surface area contributed by atoms with E-state index in [0.717, 1.165) is 0 Å². The lowest BCUT2D eigenvalue weighted by Gasteiger charge is -2.27. The van der Waals surface area contributed by atoms with Crippen molar-refractivity contribution in [3.8, 4) is 0 Å². The molecule has 29 heavy (non-hydrogen) atoms. The fourth-order valence-corrected chi connectivity index (χ4v) is 3.75. The molecule has 160 valence electrons. The topological polar surface area (TPSA) is 171 Å². The summed E-state index contributed by atoms with van der Waals surface area (Å²) >= 11 is 3.34. The van der Waals surface area contributed by atoms with Crippen LogP contribution in [-0.2, 0) is 23.2 Å². The normalized spacial score (nSPS) is 13.2. The first-order valence-corrected chi connectivity index (χ1v) is 10.9. The molecule has 1 heterocycles. The van der Waals surface area contributed by atoms with Gasteiger partial charge in [-0.05, 0) is 60.0 Å². The SMILES string of the molecule is C[C@@H](Nc1nc(Nc2cc(CO)c(S(N)(=O)=O)c(CO)c2)ncc1Br)C(C)(C)O. The Labute approximate surface area is 177 Å². The van der Waals surface area contributed by atoms with Crippen molar-refractivity contribution >= 4 is 43.4 Å². The standard InChI is InChI=1S/C17H24BrN5O5S/c1-9(17(2,3)26)21-15-13(18)6-20-16(23-15)22-12-4-10(7-24)14(29(19,27)28)11(5-12)8-25/h4-6,9,24-26H,7-8H2,1-3H3,(H2,19,27,28)(H2,20,21,22,23)/t9-/m1/s1. The summed E-state index contributed by atoms with van der Waals surface area (Å²) in [6, 6.07) is 2.45. The number of rotatable bonds is 8. The number of nitrogens with two attached hydrogens (primary N) is 1. The van der Waals surface area contributed by atoms with Gasteiger partial charge in [0.2, 0.25) is 16.0 Å². The number of sulfonamides is 1. The maximum Gasteiger partial charge on any atom is 0.238 e. The lowest BCUT2D eigenvalue weighted by Crippen LogP contribution is -2.39. The molecule has 2 rings (SSSR count). The number of anilines is 3. The molecule has 0 saturated heterocycles. The van der Waals surface area contributed by atoms with Crippen molar-refractivity contribution in [2.24, 2.45) is 5.14 Å². The van der Waals surface area contributed by atoms with Crippen LogP contribution in [-0.4, -0.2) is 45.3 Å². The van der Waals surface area contributed by atoms with Crippen molar-refractivity contribution in [3.63, 3.8) is 0 Å². The number of halogens is 1. The van der Waals surface area contributed by atoms with Crippen molar-refractivity contribution in [1.82, 2.24) is 9.97 Å². The van der Waals surface area contributed by atoms with E-state index in [2.05, 4.69) is 36.5 Å². The molecule has 0 aliphatic carbocycles. The minimum absolute atomic E-state index is 0.0349. The second kappa shape index (κ2) is 8.90. The number of primary sulfonamides is 1. The van der Waals surface area contributed by atoms with E-state index in [1.165, 1.54) is 18.3 Å². The number of hydrogen-bond donors (Lipinski definition) is 6. The van der Waals surface area contributed by atoms with Gasteiger partial charge in [0, 0.05) is 11.9 Å². The quantitative estimate of drug-likeness (QED) is 0.318. The molecule has 7 N–H and O–H groups in total. The summed E-state index contributed by atoms with van der Waals surface area (Å²) in [6.07, 6.45) is 1.51. The number of hydrogen-bond acceptors (Lipinski definition) is 9. The molecule has 0 unspecified atom stereocenters. The highest BCUT2D eigenvalue weighted by atomic mass is 79.9. The highest BCUT2D eigenvalue weighted by Crippen LogP contribution is 2.28. The zero-order valence-corrected chi connectivity index (χ0v) is 18.5. The molecular formula is C17H24BrN5O5S. The van der Waals surface area contributed by atoms with E-state index < -0.39 is 28.8 Å². The molecule has 0 bridgehead atoms. The average molecular weight is 490 g/mol. The third kappa shape index (κ3) is 5.84. The van der Waals surface area contributed by atoms with Crippen molar-refractivity contribution < 1.29 is 23.7 Å². The second-order valence-corrected chi connectivity index (χ2v) is 9.37. The lowest BCUT2D eigenvalue weighted by molar-refractivity contribution is 0.0647. The highest BCUT2D eigenvalue weighted by molar-refractivity contribution is 9.10. The van der Waals surface area contributed by atoms with E-state index >= 15 is 0 Å². The van der Waals surface area contributed by atoms with Crippen LogP contribution >= 0.6 is 15.9 Å². The lowest BCUT2D eigenvalue weighted by atomic mass is 10.0. The molecule has 1 aromatic heterocycles. The smallest absolute Gasteiger partial charge is 0.238 e. The Morgan fingerprint density at radius 3 is 2.24 bits per heavy atom. The minimum atomic E-state index is -4.14. The molecule has 0 radical (unpaired) electrons. The largest absolute Gasteiger partial charge is 0.392 e. The summed E-state index contributed by atoms with van der Waals surface area (Å²) in [7, 11) is -4.14. The monoisotopic (exact) mass is 489 g/mol. The van der Waals surface area contributed by atoms with Crippen LogP contribution in [0.3, 0.4) is 0 Å². The third-order valence-corrected chi connectivity index (χ3v) is 5.95. The Hall–Kier alpha value is -1.83. The van der Waals surface area contributed by atoms with Gasteiger partial charge in [0.05, 0.1) is 34.2 Å². The zero-order chi connectivity index (χ0) is 22.0. The molecule has 0 spiro atoms. The van der Waals surface area contributed by atoms with Gasteiger partial charge in [-0.3, -0.25) is 0 Å². The zero-order valence-electron chi connectivity index (χ0n) is 16.1. The Morgan fingerprint density at radius 2 is 1.79 bits per heavy atom. The molecule has 0 aliphatic rings. The fraction of sp³-hybridized carbons (Fsp3) is 0.412. The maximum atomic E-state index is 11.8. The van der Waals surface area contributed by atoms with Crippen LogP contribution in [0.2, 0.25) is 0 Å². The van der Waals surface area contributed by atoms with E-state index in [4.69, 9.17) is 5.14 Å². The summed E-state index contributed by atoms with van der Waals surface area (Å²) in [5, 5.41) is 40.4. The predicted octanol–water partition coefficient (Wildman–Crippen LogP) is 1.19. The van der Waals surface area contributed by atoms with Crippen LogP contribution < -0.4 is 15.8 Å². The van der Waals surface area contributed by atoms with Crippen molar-refractivity contribution in [3.05, 3.63) is 33.9 Å². The van der Waals surface area contributed by atoms with E-state index in [1.54, 1.807) is 20.8 Å². The molecule has 10 nitrogen and oxygen atoms in total. The van der Waals surface area contributed by atoms with Gasteiger partial charge >= 0.3 is 0 Å². The van der Waals surface area contributed by atoms with E-state index in [1.807, 2.05) is 0 Å². The van der Waals surface area contributed by atoms with Gasteiger partial charge < -0.3 is 26.0 Å². The number of aliphatic hydroxyl groups is 3. The van der Waals surface area contributed by atoms with Gasteiger partial charge in [0.25, 0.3) is 0 Å². The van der Waals surface area contributed by atoms with Gasteiger partial charge in [-0.2, -0.15) is 4.98 Å².